The fourth-order valence-electron chi connectivity index (χ4n) is 1.94. The van der Waals surface area contributed by atoms with E-state index in [0.29, 0.717) is 12.8 Å². The molecule has 0 aliphatic heterocycles. The molecule has 0 aromatic heterocycles. The lowest BCUT2D eigenvalue weighted by atomic mass is 10.3. The van der Waals surface area contributed by atoms with Gasteiger partial charge in [0.2, 0.25) is 0 Å². The van der Waals surface area contributed by atoms with Gasteiger partial charge in [-0.1, -0.05) is 12.1 Å². The SMILES string of the molecule is O=C1CCCC1S(=O)c1ccccc1[N+](=O)[O-]. The van der Waals surface area contributed by atoms with E-state index in [-0.39, 0.29) is 16.4 Å². The van der Waals surface area contributed by atoms with Gasteiger partial charge in [0.15, 0.2) is 0 Å². The molecule has 5 nitrogen and oxygen atoms in total. The van der Waals surface area contributed by atoms with Gasteiger partial charge in [-0.3, -0.25) is 19.1 Å². The van der Waals surface area contributed by atoms with Crippen molar-refractivity contribution in [3.63, 3.8) is 0 Å². The van der Waals surface area contributed by atoms with E-state index in [9.17, 15) is 19.1 Å². The summed E-state index contributed by atoms with van der Waals surface area (Å²) in [5, 5.41) is 10.2. The van der Waals surface area contributed by atoms with Crippen molar-refractivity contribution >= 4 is 22.3 Å². The van der Waals surface area contributed by atoms with Crippen LogP contribution in [0.2, 0.25) is 0 Å². The van der Waals surface area contributed by atoms with Gasteiger partial charge in [-0.25, -0.2) is 0 Å². The molecular formula is C11H11NO4S. The minimum absolute atomic E-state index is 0.0542. The molecule has 0 N–H and O–H groups in total. The number of benzene rings is 1. The van der Waals surface area contributed by atoms with Crippen LogP contribution in [0.4, 0.5) is 5.69 Å². The largest absolute Gasteiger partial charge is 0.298 e. The number of nitro groups is 1. The lowest BCUT2D eigenvalue weighted by Gasteiger charge is -2.08. The van der Waals surface area contributed by atoms with Gasteiger partial charge >= 0.3 is 0 Å². The van der Waals surface area contributed by atoms with Crippen molar-refractivity contribution in [1.29, 1.82) is 0 Å². The third kappa shape index (κ3) is 2.26. The number of para-hydroxylation sites is 1. The van der Waals surface area contributed by atoms with Crippen molar-refractivity contribution < 1.29 is 13.9 Å². The second-order valence-electron chi connectivity index (χ2n) is 3.87. The molecule has 0 heterocycles. The Kier molecular flexibility index (Phi) is 3.33. The number of nitro benzene ring substituents is 1. The Hall–Kier alpha value is -1.56. The molecule has 1 saturated carbocycles. The van der Waals surface area contributed by atoms with Gasteiger partial charge in [0.05, 0.1) is 21.0 Å². The highest BCUT2D eigenvalue weighted by molar-refractivity contribution is 7.86. The summed E-state index contributed by atoms with van der Waals surface area (Å²) in [4.78, 5) is 21.9. The maximum absolute atomic E-state index is 12.2. The second kappa shape index (κ2) is 4.75. The Bertz CT molecular complexity index is 500. The van der Waals surface area contributed by atoms with Crippen LogP contribution in [0.1, 0.15) is 19.3 Å². The summed E-state index contributed by atoms with van der Waals surface area (Å²) < 4.78 is 12.2. The zero-order valence-electron chi connectivity index (χ0n) is 9.00. The summed E-state index contributed by atoms with van der Waals surface area (Å²) >= 11 is 0. The lowest BCUT2D eigenvalue weighted by Crippen LogP contribution is -2.20. The topological polar surface area (TPSA) is 77.3 Å². The van der Waals surface area contributed by atoms with Crippen LogP contribution in [0.5, 0.6) is 0 Å². The van der Waals surface area contributed by atoms with Crippen molar-refractivity contribution in [1.82, 2.24) is 0 Å². The van der Waals surface area contributed by atoms with Crippen molar-refractivity contribution in [3.8, 4) is 0 Å². The molecule has 1 fully saturated rings. The fourth-order valence-corrected chi connectivity index (χ4v) is 3.55. The summed E-state index contributed by atoms with van der Waals surface area (Å²) in [6.45, 7) is 0. The van der Waals surface area contributed by atoms with E-state index in [1.165, 1.54) is 18.2 Å². The molecule has 0 bridgehead atoms. The molecule has 2 atom stereocenters. The van der Waals surface area contributed by atoms with Crippen molar-refractivity contribution in [2.45, 2.75) is 29.4 Å². The first-order valence-corrected chi connectivity index (χ1v) is 6.49. The molecule has 0 amide bonds. The zero-order valence-corrected chi connectivity index (χ0v) is 9.81. The first-order chi connectivity index (χ1) is 8.11. The van der Waals surface area contributed by atoms with Gasteiger partial charge in [-0.05, 0) is 18.9 Å². The number of hydrogen-bond acceptors (Lipinski definition) is 4. The van der Waals surface area contributed by atoms with E-state index in [4.69, 9.17) is 0 Å². The smallest absolute Gasteiger partial charge is 0.285 e. The molecule has 0 spiro atoms. The van der Waals surface area contributed by atoms with Gasteiger partial charge in [-0.2, -0.15) is 0 Å². The molecule has 90 valence electrons. The normalized spacial score (nSPS) is 21.4. The lowest BCUT2D eigenvalue weighted by molar-refractivity contribution is -0.387. The molecule has 17 heavy (non-hydrogen) atoms. The number of nitrogens with zero attached hydrogens (tertiary/aromatic N) is 1. The Morgan fingerprint density at radius 3 is 2.65 bits per heavy atom. The van der Waals surface area contributed by atoms with Crippen LogP contribution in [-0.4, -0.2) is 20.2 Å². The highest BCUT2D eigenvalue weighted by Crippen LogP contribution is 2.29. The third-order valence-corrected chi connectivity index (χ3v) is 4.58. The Balaban J connectivity index is 2.37. The summed E-state index contributed by atoms with van der Waals surface area (Å²) in [6.07, 6.45) is 1.70. The molecular weight excluding hydrogens is 242 g/mol. The highest BCUT2D eigenvalue weighted by Gasteiger charge is 2.33. The molecule has 1 aliphatic carbocycles. The molecule has 1 aliphatic rings. The predicted molar refractivity (Wildman–Crippen MR) is 62.2 cm³/mol. The summed E-state index contributed by atoms with van der Waals surface area (Å²) in [6, 6.07) is 5.89. The van der Waals surface area contributed by atoms with E-state index < -0.39 is 21.0 Å². The van der Waals surface area contributed by atoms with Gasteiger partial charge in [0.25, 0.3) is 5.69 Å². The zero-order chi connectivity index (χ0) is 12.4. The number of hydrogen-bond donors (Lipinski definition) is 0. The van der Waals surface area contributed by atoms with Crippen LogP contribution in [0, 0.1) is 10.1 Å². The fraction of sp³-hybridized carbons (Fsp3) is 0.364. The summed E-state index contributed by atoms with van der Waals surface area (Å²) in [5.74, 6) is -0.0542. The quantitative estimate of drug-likeness (QED) is 0.608. The van der Waals surface area contributed by atoms with Crippen LogP contribution < -0.4 is 0 Å². The standard InChI is InChI=1S/C11H11NO4S/c13-9-5-3-7-11(9)17(16)10-6-2-1-4-8(10)12(14)15/h1-2,4,6,11H,3,5,7H2. The minimum Gasteiger partial charge on any atom is -0.298 e. The first kappa shape index (κ1) is 11.9. The van der Waals surface area contributed by atoms with Gasteiger partial charge < -0.3 is 0 Å². The second-order valence-corrected chi connectivity index (χ2v) is 5.47. The van der Waals surface area contributed by atoms with E-state index in [1.807, 2.05) is 0 Å². The molecule has 2 unspecified atom stereocenters. The van der Waals surface area contributed by atoms with Crippen LogP contribution in [0.3, 0.4) is 0 Å². The van der Waals surface area contributed by atoms with E-state index in [0.717, 1.165) is 6.42 Å². The Labute approximate surface area is 100 Å². The molecule has 6 heteroatoms. The number of Topliss-reactive ketones (excluding diaryl/α,β-unsaturated/α-hetero) is 1. The summed E-state index contributed by atoms with van der Waals surface area (Å²) in [7, 11) is -1.61. The van der Waals surface area contributed by atoms with E-state index in [1.54, 1.807) is 6.07 Å². The Morgan fingerprint density at radius 1 is 1.35 bits per heavy atom. The van der Waals surface area contributed by atoms with Gasteiger partial charge in [0, 0.05) is 12.5 Å². The van der Waals surface area contributed by atoms with Gasteiger partial charge in [-0.15, -0.1) is 0 Å². The average Bonchev–Trinajstić information content (AvgIpc) is 2.74. The van der Waals surface area contributed by atoms with Crippen molar-refractivity contribution in [3.05, 3.63) is 34.4 Å². The molecule has 2 rings (SSSR count). The van der Waals surface area contributed by atoms with E-state index in [2.05, 4.69) is 0 Å². The van der Waals surface area contributed by atoms with Crippen LogP contribution in [0.25, 0.3) is 0 Å². The number of carbonyl (C=O) groups excluding carboxylic acids is 1. The van der Waals surface area contributed by atoms with Crippen LogP contribution >= 0.6 is 0 Å². The Morgan fingerprint density at radius 2 is 2.06 bits per heavy atom. The van der Waals surface area contributed by atoms with E-state index >= 15 is 0 Å². The van der Waals surface area contributed by atoms with Crippen LogP contribution in [0.15, 0.2) is 29.2 Å². The number of ketones is 1. The highest BCUT2D eigenvalue weighted by atomic mass is 32.2. The minimum atomic E-state index is -1.61. The summed E-state index contributed by atoms with van der Waals surface area (Å²) in [5.41, 5.74) is -0.175. The predicted octanol–water partition coefficient (Wildman–Crippen LogP) is 1.82. The van der Waals surface area contributed by atoms with Crippen LogP contribution in [-0.2, 0) is 15.6 Å². The van der Waals surface area contributed by atoms with Gasteiger partial charge in [0.1, 0.15) is 10.7 Å². The first-order valence-electron chi connectivity index (χ1n) is 5.28. The molecule has 0 saturated heterocycles. The molecule has 1 aromatic carbocycles. The third-order valence-electron chi connectivity index (χ3n) is 2.79. The average molecular weight is 253 g/mol. The number of rotatable bonds is 3. The molecule has 0 radical (unpaired) electrons. The van der Waals surface area contributed by atoms with Crippen molar-refractivity contribution in [2.75, 3.05) is 0 Å². The maximum atomic E-state index is 12.2. The van der Waals surface area contributed by atoms with Crippen molar-refractivity contribution in [2.24, 2.45) is 0 Å². The number of carbonyl (C=O) groups is 1. The maximum Gasteiger partial charge on any atom is 0.285 e. The monoisotopic (exact) mass is 253 g/mol. The molecule has 1 aromatic rings.